The van der Waals surface area contributed by atoms with E-state index in [4.69, 9.17) is 9.47 Å². The lowest BCUT2D eigenvalue weighted by Crippen LogP contribution is -2.37. The molecule has 2 aliphatic rings. The van der Waals surface area contributed by atoms with Gasteiger partial charge in [0.15, 0.2) is 11.5 Å². The maximum atomic E-state index is 12.2. The number of methoxy groups -OCH3 is 1. The highest BCUT2D eigenvalue weighted by molar-refractivity contribution is 5.90. The van der Waals surface area contributed by atoms with Crippen molar-refractivity contribution < 1.29 is 24.5 Å². The fourth-order valence-electron chi connectivity index (χ4n) is 5.22. The van der Waals surface area contributed by atoms with E-state index >= 15 is 0 Å². The first-order valence-corrected chi connectivity index (χ1v) is 13.9. The molecule has 0 radical (unpaired) electrons. The number of anilines is 4. The van der Waals surface area contributed by atoms with Crippen LogP contribution in [0.5, 0.6) is 0 Å². The van der Waals surface area contributed by atoms with Crippen LogP contribution < -0.4 is 20.2 Å². The van der Waals surface area contributed by atoms with Crippen molar-refractivity contribution in [2.24, 2.45) is 5.92 Å². The molecule has 12 nitrogen and oxygen atoms in total. The van der Waals surface area contributed by atoms with E-state index in [1.807, 2.05) is 34.2 Å². The van der Waals surface area contributed by atoms with Crippen LogP contribution in [0.1, 0.15) is 35.9 Å². The maximum Gasteiger partial charge on any atom is 0.354 e. The number of nitrogens with zero attached hydrogens (tertiary/aromatic N) is 6. The molecule has 5 heterocycles. The Labute approximate surface area is 239 Å². The van der Waals surface area contributed by atoms with Crippen molar-refractivity contribution in [1.29, 1.82) is 0 Å². The molecule has 1 unspecified atom stereocenters. The molecule has 5 rings (SSSR count). The first-order chi connectivity index (χ1) is 19.9. The number of aromatic nitrogens is 3. The van der Waals surface area contributed by atoms with Crippen molar-refractivity contribution in [2.75, 3.05) is 74.5 Å². The van der Waals surface area contributed by atoms with E-state index in [-0.39, 0.29) is 24.3 Å². The van der Waals surface area contributed by atoms with Gasteiger partial charge in [-0.2, -0.15) is 0 Å². The van der Waals surface area contributed by atoms with E-state index in [1.165, 1.54) is 0 Å². The van der Waals surface area contributed by atoms with Gasteiger partial charge in [0, 0.05) is 62.9 Å². The van der Waals surface area contributed by atoms with Gasteiger partial charge in [-0.05, 0) is 35.7 Å². The summed E-state index contributed by atoms with van der Waals surface area (Å²) in [5.41, 5.74) is 6.80. The molecule has 0 aliphatic carbocycles. The van der Waals surface area contributed by atoms with Crippen molar-refractivity contribution >= 4 is 29.1 Å². The third kappa shape index (κ3) is 6.10. The normalized spacial score (nSPS) is 16.8. The number of rotatable bonds is 11. The Bertz CT molecular complexity index is 1350. The molecule has 1 atom stereocenters. The van der Waals surface area contributed by atoms with Crippen LogP contribution in [0.4, 0.5) is 23.1 Å². The molecular weight excluding hydrogens is 526 g/mol. The summed E-state index contributed by atoms with van der Waals surface area (Å²) < 4.78 is 10.7. The Morgan fingerprint density at radius 3 is 2.66 bits per heavy atom. The van der Waals surface area contributed by atoms with E-state index in [2.05, 4.69) is 39.1 Å². The van der Waals surface area contributed by atoms with Crippen LogP contribution in [0.3, 0.4) is 0 Å². The number of aromatic carboxylic acids is 1. The molecule has 1 fully saturated rings. The first kappa shape index (κ1) is 28.7. The molecule has 3 aromatic rings. The molecule has 0 bridgehead atoms. The Kier molecular flexibility index (Phi) is 8.93. The van der Waals surface area contributed by atoms with Gasteiger partial charge >= 0.3 is 5.97 Å². The molecule has 41 heavy (non-hydrogen) atoms. The minimum absolute atomic E-state index is 0.00713. The second-order valence-corrected chi connectivity index (χ2v) is 10.4. The van der Waals surface area contributed by atoms with Crippen molar-refractivity contribution in [2.45, 2.75) is 19.9 Å². The number of morpholine rings is 1. The predicted octanol–water partition coefficient (Wildman–Crippen LogP) is 2.87. The maximum absolute atomic E-state index is 12.2. The Morgan fingerprint density at radius 1 is 1.20 bits per heavy atom. The quantitative estimate of drug-likeness (QED) is 0.316. The lowest BCUT2D eigenvalue weighted by atomic mass is 9.91. The zero-order valence-corrected chi connectivity index (χ0v) is 23.7. The summed E-state index contributed by atoms with van der Waals surface area (Å²) in [6, 6.07) is 9.21. The Morgan fingerprint density at radius 2 is 2.00 bits per heavy atom. The van der Waals surface area contributed by atoms with Crippen LogP contribution in [0.15, 0.2) is 42.7 Å². The Balaban J connectivity index is 1.57. The molecule has 0 spiro atoms. The van der Waals surface area contributed by atoms with Gasteiger partial charge in [-0.3, -0.25) is 5.01 Å². The fraction of sp³-hybridized carbons (Fsp3) is 0.448. The molecule has 0 saturated carbocycles. The SMILES string of the molecule is COCCN(CCO)c1ccc(-c2cc(C(=O)O)nc3c2C(C(C)C)NN3c2ccnc(N3CCOCC3)c2)cn1. The summed E-state index contributed by atoms with van der Waals surface area (Å²) in [4.78, 5) is 30.2. The summed E-state index contributed by atoms with van der Waals surface area (Å²) >= 11 is 0. The average molecular weight is 564 g/mol. The number of hydrazine groups is 1. The number of nitrogens with one attached hydrogen (secondary N) is 1. The topological polar surface area (TPSA) is 136 Å². The van der Waals surface area contributed by atoms with Gasteiger partial charge in [-0.1, -0.05) is 13.8 Å². The number of hydrogen-bond donors (Lipinski definition) is 3. The predicted molar refractivity (Wildman–Crippen MR) is 156 cm³/mol. The zero-order valence-electron chi connectivity index (χ0n) is 23.7. The zero-order chi connectivity index (χ0) is 28.9. The van der Waals surface area contributed by atoms with Crippen LogP contribution >= 0.6 is 0 Å². The molecule has 218 valence electrons. The summed E-state index contributed by atoms with van der Waals surface area (Å²) in [6.45, 7) is 8.56. The monoisotopic (exact) mass is 563 g/mol. The van der Waals surface area contributed by atoms with Crippen molar-refractivity contribution in [3.05, 3.63) is 54.0 Å². The van der Waals surface area contributed by atoms with Gasteiger partial charge in [0.2, 0.25) is 0 Å². The second-order valence-electron chi connectivity index (χ2n) is 10.4. The largest absolute Gasteiger partial charge is 0.477 e. The minimum Gasteiger partial charge on any atom is -0.477 e. The van der Waals surface area contributed by atoms with E-state index in [9.17, 15) is 15.0 Å². The van der Waals surface area contributed by atoms with Gasteiger partial charge in [0.05, 0.1) is 38.2 Å². The highest BCUT2D eigenvalue weighted by Gasteiger charge is 2.36. The third-order valence-corrected chi connectivity index (χ3v) is 7.36. The number of ether oxygens (including phenoxy) is 2. The number of fused-ring (bicyclic) bond motifs is 1. The standard InChI is InChI=1S/C29H37N7O5/c1-19(2)27-26-22(20-4-5-24(31-18-20)34(8-12-37)9-13-40-3)17-23(29(38)39)32-28(26)36(33-27)21-6-7-30-25(16-21)35-10-14-41-15-11-35/h4-7,16-19,27,33,37H,8-15H2,1-3H3,(H,38,39). The van der Waals surface area contributed by atoms with Gasteiger partial charge in [-0.25, -0.2) is 25.2 Å². The van der Waals surface area contributed by atoms with Crippen LogP contribution in [-0.2, 0) is 9.47 Å². The van der Waals surface area contributed by atoms with E-state index in [1.54, 1.807) is 25.6 Å². The number of carboxylic acids is 1. The average Bonchev–Trinajstić information content (AvgIpc) is 3.40. The summed E-state index contributed by atoms with van der Waals surface area (Å²) in [5, 5.41) is 21.4. The van der Waals surface area contributed by atoms with Crippen molar-refractivity contribution in [3.8, 4) is 11.1 Å². The lowest BCUT2D eigenvalue weighted by Gasteiger charge is -2.29. The fourth-order valence-corrected chi connectivity index (χ4v) is 5.22. The molecule has 0 aromatic carbocycles. The van der Waals surface area contributed by atoms with Gasteiger partial charge in [0.1, 0.15) is 11.6 Å². The highest BCUT2D eigenvalue weighted by atomic mass is 16.5. The third-order valence-electron chi connectivity index (χ3n) is 7.36. The number of carbonyl (C=O) groups is 1. The molecule has 2 aliphatic heterocycles. The molecule has 1 saturated heterocycles. The van der Waals surface area contributed by atoms with Crippen LogP contribution in [0.25, 0.3) is 11.1 Å². The molecule has 3 aromatic heterocycles. The number of carboxylic acid groups (broad SMARTS) is 1. The van der Waals surface area contributed by atoms with E-state index < -0.39 is 5.97 Å². The van der Waals surface area contributed by atoms with Gasteiger partial charge in [-0.15, -0.1) is 0 Å². The highest BCUT2D eigenvalue weighted by Crippen LogP contribution is 2.45. The van der Waals surface area contributed by atoms with Crippen LogP contribution in [0.2, 0.25) is 0 Å². The van der Waals surface area contributed by atoms with E-state index in [0.717, 1.165) is 41.3 Å². The van der Waals surface area contributed by atoms with Crippen molar-refractivity contribution in [3.63, 3.8) is 0 Å². The van der Waals surface area contributed by atoms with Crippen molar-refractivity contribution in [1.82, 2.24) is 20.4 Å². The number of pyridine rings is 3. The molecular formula is C29H37N7O5. The number of aliphatic hydroxyl groups is 1. The molecule has 12 heteroatoms. The van der Waals surface area contributed by atoms with Gasteiger partial charge < -0.3 is 29.5 Å². The summed E-state index contributed by atoms with van der Waals surface area (Å²) in [6.07, 6.45) is 3.51. The summed E-state index contributed by atoms with van der Waals surface area (Å²) in [5.74, 6) is 1.15. The van der Waals surface area contributed by atoms with Crippen LogP contribution in [-0.4, -0.2) is 90.9 Å². The van der Waals surface area contributed by atoms with Crippen LogP contribution in [0, 0.1) is 5.92 Å². The summed E-state index contributed by atoms with van der Waals surface area (Å²) in [7, 11) is 1.63. The first-order valence-electron chi connectivity index (χ1n) is 13.9. The lowest BCUT2D eigenvalue weighted by molar-refractivity contribution is 0.0690. The number of hydrogen-bond acceptors (Lipinski definition) is 11. The molecule has 3 N–H and O–H groups in total. The minimum atomic E-state index is -1.11. The van der Waals surface area contributed by atoms with E-state index in [0.29, 0.717) is 44.5 Å². The number of aliphatic hydroxyl groups excluding tert-OH is 1. The smallest absolute Gasteiger partial charge is 0.354 e. The second kappa shape index (κ2) is 12.8. The van der Waals surface area contributed by atoms with Gasteiger partial charge in [0.25, 0.3) is 0 Å². The Hall–Kier alpha value is -3.84. The molecule has 0 amide bonds.